The number of carbonyl (C=O) groups is 1. The second-order valence-corrected chi connectivity index (χ2v) is 7.58. The Bertz CT molecular complexity index is 1090. The van der Waals surface area contributed by atoms with Crippen LogP contribution in [-0.2, 0) is 24.1 Å². The Morgan fingerprint density at radius 1 is 1.13 bits per heavy atom. The summed E-state index contributed by atoms with van der Waals surface area (Å²) >= 11 is 0. The molecule has 0 atom stereocenters. The van der Waals surface area contributed by atoms with E-state index in [9.17, 15) is 18.0 Å². The number of likely N-dealkylation sites (tertiary alicyclic amines) is 1. The highest BCUT2D eigenvalue weighted by Gasteiger charge is 2.33. The van der Waals surface area contributed by atoms with Gasteiger partial charge in [0.1, 0.15) is 18.0 Å². The smallest absolute Gasteiger partial charge is 0.433 e. The van der Waals surface area contributed by atoms with Gasteiger partial charge in [-0.15, -0.1) is 0 Å². The van der Waals surface area contributed by atoms with Gasteiger partial charge in [0.05, 0.1) is 5.52 Å². The van der Waals surface area contributed by atoms with Crippen molar-refractivity contribution in [2.24, 2.45) is 5.73 Å². The van der Waals surface area contributed by atoms with Gasteiger partial charge in [0.2, 0.25) is 11.8 Å². The van der Waals surface area contributed by atoms with Gasteiger partial charge in [0, 0.05) is 37.3 Å². The number of rotatable bonds is 5. The number of aromatic nitrogens is 2. The number of carbonyl (C=O) groups excluding carboxylic acids is 1. The van der Waals surface area contributed by atoms with Crippen molar-refractivity contribution in [3.63, 3.8) is 0 Å². The molecule has 164 valence electrons. The van der Waals surface area contributed by atoms with Gasteiger partial charge in [-0.2, -0.15) is 13.2 Å². The Morgan fingerprint density at radius 3 is 2.61 bits per heavy atom. The average molecular weight is 432 g/mol. The Labute approximate surface area is 177 Å². The second-order valence-electron chi connectivity index (χ2n) is 7.58. The SMILES string of the molecule is NCc1cc(Oc2cccc3c2ccn3CC(=O)N2CCCCC2)nc(C(F)(F)F)c1. The lowest BCUT2D eigenvalue weighted by molar-refractivity contribution is -0.141. The largest absolute Gasteiger partial charge is 0.438 e. The van der Waals surface area contributed by atoms with Crippen LogP contribution in [0.15, 0.2) is 42.6 Å². The number of piperidine rings is 1. The van der Waals surface area contributed by atoms with Crippen LogP contribution in [0.2, 0.25) is 0 Å². The van der Waals surface area contributed by atoms with Gasteiger partial charge in [-0.1, -0.05) is 6.07 Å². The van der Waals surface area contributed by atoms with Gasteiger partial charge in [0.15, 0.2) is 0 Å². The van der Waals surface area contributed by atoms with Crippen LogP contribution in [0.3, 0.4) is 0 Å². The molecule has 0 saturated carbocycles. The predicted molar refractivity (Wildman–Crippen MR) is 110 cm³/mol. The number of benzene rings is 1. The van der Waals surface area contributed by atoms with E-state index in [1.807, 2.05) is 15.5 Å². The van der Waals surface area contributed by atoms with Crippen LogP contribution in [0.1, 0.15) is 30.5 Å². The van der Waals surface area contributed by atoms with Crippen molar-refractivity contribution >= 4 is 16.8 Å². The molecule has 3 heterocycles. The van der Waals surface area contributed by atoms with Crippen LogP contribution < -0.4 is 10.5 Å². The molecule has 0 radical (unpaired) electrons. The highest BCUT2D eigenvalue weighted by atomic mass is 19.4. The van der Waals surface area contributed by atoms with Crippen molar-refractivity contribution in [1.29, 1.82) is 0 Å². The molecule has 0 spiro atoms. The molecule has 4 rings (SSSR count). The molecule has 1 saturated heterocycles. The molecule has 1 fully saturated rings. The van der Waals surface area contributed by atoms with Gasteiger partial charge >= 0.3 is 6.18 Å². The minimum absolute atomic E-state index is 0.0515. The standard InChI is InChI=1S/C22H23F3N4O2/c23-22(24,25)19-11-15(13-26)12-20(27-19)31-18-6-4-5-17-16(18)7-10-29(17)14-21(30)28-8-2-1-3-9-28/h4-7,10-12H,1-3,8-9,13-14,26H2. The van der Waals surface area contributed by atoms with Crippen LogP contribution in [0.5, 0.6) is 11.6 Å². The monoisotopic (exact) mass is 432 g/mol. The number of amides is 1. The minimum atomic E-state index is -4.60. The number of alkyl halides is 3. The van der Waals surface area contributed by atoms with Crippen molar-refractivity contribution in [3.8, 4) is 11.6 Å². The number of fused-ring (bicyclic) bond motifs is 1. The Morgan fingerprint density at radius 2 is 1.90 bits per heavy atom. The van der Waals surface area contributed by atoms with Gasteiger partial charge in [-0.05, 0) is 49.1 Å². The summed E-state index contributed by atoms with van der Waals surface area (Å²) in [4.78, 5) is 18.1. The Hall–Kier alpha value is -3.07. The lowest BCUT2D eigenvalue weighted by atomic mass is 10.1. The van der Waals surface area contributed by atoms with E-state index in [4.69, 9.17) is 10.5 Å². The summed E-state index contributed by atoms with van der Waals surface area (Å²) in [6, 6.07) is 9.32. The molecule has 0 bridgehead atoms. The summed E-state index contributed by atoms with van der Waals surface area (Å²) < 4.78 is 47.0. The molecule has 9 heteroatoms. The number of halogens is 3. The number of pyridine rings is 1. The van der Waals surface area contributed by atoms with Gasteiger partial charge in [-0.3, -0.25) is 4.79 Å². The van der Waals surface area contributed by atoms with Crippen LogP contribution in [0, 0.1) is 0 Å². The van der Waals surface area contributed by atoms with Crippen molar-refractivity contribution in [2.75, 3.05) is 13.1 Å². The second kappa shape index (κ2) is 8.58. The quantitative estimate of drug-likeness (QED) is 0.652. The molecule has 0 unspecified atom stereocenters. The molecule has 1 aliphatic rings. The zero-order chi connectivity index (χ0) is 22.0. The topological polar surface area (TPSA) is 73.4 Å². The fourth-order valence-corrected chi connectivity index (χ4v) is 3.80. The molecule has 1 amide bonds. The number of nitrogens with two attached hydrogens (primary N) is 1. The van der Waals surface area contributed by atoms with E-state index in [0.29, 0.717) is 11.1 Å². The van der Waals surface area contributed by atoms with E-state index in [-0.39, 0.29) is 30.4 Å². The fourth-order valence-electron chi connectivity index (χ4n) is 3.80. The van der Waals surface area contributed by atoms with E-state index in [2.05, 4.69) is 4.98 Å². The number of hydrogen-bond acceptors (Lipinski definition) is 4. The molecule has 1 aliphatic heterocycles. The van der Waals surface area contributed by atoms with Crippen molar-refractivity contribution in [3.05, 3.63) is 53.9 Å². The van der Waals surface area contributed by atoms with Gasteiger partial charge < -0.3 is 19.9 Å². The first kappa shape index (κ1) is 21.2. The molecule has 2 aromatic heterocycles. The highest BCUT2D eigenvalue weighted by molar-refractivity contribution is 5.88. The Kier molecular flexibility index (Phi) is 5.86. The normalized spacial score (nSPS) is 14.8. The lowest BCUT2D eigenvalue weighted by Crippen LogP contribution is -2.37. The average Bonchev–Trinajstić information content (AvgIpc) is 3.17. The summed E-state index contributed by atoms with van der Waals surface area (Å²) in [7, 11) is 0. The number of nitrogens with zero attached hydrogens (tertiary/aromatic N) is 3. The van der Waals surface area contributed by atoms with E-state index in [1.54, 1.807) is 24.4 Å². The molecule has 2 N–H and O–H groups in total. The van der Waals surface area contributed by atoms with E-state index in [1.165, 1.54) is 6.07 Å². The molecule has 31 heavy (non-hydrogen) atoms. The van der Waals surface area contributed by atoms with Crippen molar-refractivity contribution in [1.82, 2.24) is 14.5 Å². The third kappa shape index (κ3) is 4.66. The molecule has 0 aliphatic carbocycles. The zero-order valence-corrected chi connectivity index (χ0v) is 16.9. The molecule has 6 nitrogen and oxygen atoms in total. The lowest BCUT2D eigenvalue weighted by Gasteiger charge is -2.27. The van der Waals surface area contributed by atoms with Crippen LogP contribution in [-0.4, -0.2) is 33.4 Å². The summed E-state index contributed by atoms with van der Waals surface area (Å²) in [5.41, 5.74) is 5.51. The maximum atomic E-state index is 13.2. The summed E-state index contributed by atoms with van der Waals surface area (Å²) in [6.07, 6.45) is 0.361. The van der Waals surface area contributed by atoms with Crippen LogP contribution >= 0.6 is 0 Å². The minimum Gasteiger partial charge on any atom is -0.438 e. The first-order valence-electron chi connectivity index (χ1n) is 10.2. The fraction of sp³-hybridized carbons (Fsp3) is 0.364. The van der Waals surface area contributed by atoms with Gasteiger partial charge in [0.25, 0.3) is 0 Å². The zero-order valence-electron chi connectivity index (χ0n) is 16.9. The predicted octanol–water partition coefficient (Wildman–Crippen LogP) is 4.32. The maximum absolute atomic E-state index is 13.2. The first-order valence-corrected chi connectivity index (χ1v) is 10.2. The summed E-state index contributed by atoms with van der Waals surface area (Å²) in [6.45, 7) is 1.68. The summed E-state index contributed by atoms with van der Waals surface area (Å²) in [5.74, 6) is 0.229. The molecular weight excluding hydrogens is 409 g/mol. The molecule has 1 aromatic carbocycles. The first-order chi connectivity index (χ1) is 14.8. The third-order valence-corrected chi connectivity index (χ3v) is 5.39. The van der Waals surface area contributed by atoms with Gasteiger partial charge in [-0.25, -0.2) is 4.98 Å². The highest BCUT2D eigenvalue weighted by Crippen LogP contribution is 2.34. The van der Waals surface area contributed by atoms with E-state index >= 15 is 0 Å². The third-order valence-electron chi connectivity index (χ3n) is 5.39. The number of ether oxygens (including phenoxy) is 1. The Balaban J connectivity index is 1.60. The van der Waals surface area contributed by atoms with E-state index in [0.717, 1.165) is 43.9 Å². The van der Waals surface area contributed by atoms with E-state index < -0.39 is 11.9 Å². The molecular formula is C22H23F3N4O2. The van der Waals surface area contributed by atoms with Crippen molar-refractivity contribution in [2.45, 2.75) is 38.5 Å². The van der Waals surface area contributed by atoms with Crippen molar-refractivity contribution < 1.29 is 22.7 Å². The van der Waals surface area contributed by atoms with Crippen LogP contribution in [0.25, 0.3) is 10.9 Å². The maximum Gasteiger partial charge on any atom is 0.433 e. The van der Waals surface area contributed by atoms with Crippen LogP contribution in [0.4, 0.5) is 13.2 Å². The number of hydrogen-bond donors (Lipinski definition) is 1. The molecule has 3 aromatic rings. The summed E-state index contributed by atoms with van der Waals surface area (Å²) in [5, 5.41) is 0.683.